The van der Waals surface area contributed by atoms with Gasteiger partial charge in [0.2, 0.25) is 11.3 Å². The van der Waals surface area contributed by atoms with Crippen LogP contribution in [0.3, 0.4) is 0 Å². The van der Waals surface area contributed by atoms with Gasteiger partial charge in [-0.05, 0) is 50.1 Å². The molecular weight excluding hydrogens is 328 g/mol. The normalized spacial score (nSPS) is 19.8. The first-order valence-corrected chi connectivity index (χ1v) is 9.25. The lowest BCUT2D eigenvalue weighted by Crippen LogP contribution is -2.55. The number of benzene rings is 1. The summed E-state index contributed by atoms with van der Waals surface area (Å²) >= 11 is 0. The van der Waals surface area contributed by atoms with Gasteiger partial charge in [-0.2, -0.15) is 0 Å². The summed E-state index contributed by atoms with van der Waals surface area (Å²) in [6.45, 7) is 9.27. The number of piperidine rings is 1. The van der Waals surface area contributed by atoms with Gasteiger partial charge in [0.15, 0.2) is 0 Å². The molecule has 2 aliphatic heterocycles. The number of rotatable bonds is 1. The average Bonchev–Trinajstić information content (AvgIpc) is 2.62. The Morgan fingerprint density at radius 3 is 2.46 bits per heavy atom. The second-order valence-electron chi connectivity index (χ2n) is 8.22. The molecule has 0 atom stereocenters. The molecule has 26 heavy (non-hydrogen) atoms. The molecule has 0 bridgehead atoms. The van der Waals surface area contributed by atoms with Gasteiger partial charge in [-0.15, -0.1) is 0 Å². The third kappa shape index (κ3) is 3.29. The van der Waals surface area contributed by atoms with Gasteiger partial charge in [0.1, 0.15) is 5.75 Å². The Morgan fingerprint density at radius 1 is 1.08 bits per heavy atom. The van der Waals surface area contributed by atoms with Gasteiger partial charge in [0.05, 0.1) is 6.61 Å². The first-order valence-electron chi connectivity index (χ1n) is 9.25. The van der Waals surface area contributed by atoms with E-state index in [1.54, 1.807) is 12.3 Å². The van der Waals surface area contributed by atoms with Crippen molar-refractivity contribution in [1.29, 1.82) is 0 Å². The fourth-order valence-electron chi connectivity index (χ4n) is 3.77. The zero-order valence-corrected chi connectivity index (χ0v) is 15.7. The zero-order chi connectivity index (χ0) is 18.4. The van der Waals surface area contributed by atoms with Crippen LogP contribution in [0.2, 0.25) is 0 Å². The number of H-pyrrole nitrogens is 1. The second kappa shape index (κ2) is 6.25. The van der Waals surface area contributed by atoms with Crippen LogP contribution in [0.5, 0.6) is 5.75 Å². The van der Waals surface area contributed by atoms with Crippen molar-refractivity contribution in [3.8, 4) is 16.9 Å². The van der Waals surface area contributed by atoms with Crippen LogP contribution in [0.4, 0.5) is 0 Å². The van der Waals surface area contributed by atoms with Crippen LogP contribution in [-0.4, -0.2) is 34.3 Å². The number of fused-ring (bicyclic) bond motifs is 1. The minimum atomic E-state index is -0.492. The Morgan fingerprint density at radius 2 is 1.81 bits per heavy atom. The van der Waals surface area contributed by atoms with Crippen LogP contribution < -0.4 is 10.3 Å². The topological polar surface area (TPSA) is 54.6 Å². The van der Waals surface area contributed by atoms with Crippen molar-refractivity contribution < 1.29 is 9.47 Å². The highest BCUT2D eigenvalue weighted by atomic mass is 16.7. The molecule has 1 fully saturated rings. The molecule has 0 aliphatic carbocycles. The van der Waals surface area contributed by atoms with Crippen molar-refractivity contribution in [2.45, 2.75) is 51.5 Å². The van der Waals surface area contributed by atoms with Gasteiger partial charge >= 0.3 is 0 Å². The maximum atomic E-state index is 11.2. The first-order chi connectivity index (χ1) is 12.3. The number of aromatic nitrogens is 1. The van der Waals surface area contributed by atoms with E-state index in [0.717, 1.165) is 48.4 Å². The van der Waals surface area contributed by atoms with E-state index in [9.17, 15) is 4.79 Å². The second-order valence-corrected chi connectivity index (χ2v) is 8.22. The molecule has 1 spiro atoms. The van der Waals surface area contributed by atoms with Crippen molar-refractivity contribution in [2.24, 2.45) is 0 Å². The Hall–Kier alpha value is -2.11. The standard InChI is InChI=1S/C21H26N2O3/c1-20(2,3)23-10-8-21(9-11-23)25-14-17-12-15(4-6-18(17)26-21)16-5-7-19(24)22-13-16/h4-7,12-13H,8-11,14H2,1-3H3,(H,22,24). The molecule has 1 N–H and O–H groups in total. The molecule has 5 heteroatoms. The molecule has 0 amide bonds. The minimum Gasteiger partial charge on any atom is -0.462 e. The third-order valence-electron chi connectivity index (χ3n) is 5.44. The van der Waals surface area contributed by atoms with Crippen molar-refractivity contribution in [2.75, 3.05) is 13.1 Å². The van der Waals surface area contributed by atoms with Crippen LogP contribution in [0.1, 0.15) is 39.2 Å². The number of nitrogens with zero attached hydrogens (tertiary/aromatic N) is 1. The molecular formula is C21H26N2O3. The zero-order valence-electron chi connectivity index (χ0n) is 15.7. The monoisotopic (exact) mass is 354 g/mol. The number of aromatic amines is 1. The number of ether oxygens (including phenoxy) is 2. The first kappa shape index (κ1) is 17.3. The Balaban J connectivity index is 1.52. The number of nitrogens with one attached hydrogen (secondary N) is 1. The molecule has 2 aromatic rings. The van der Waals surface area contributed by atoms with Gasteiger partial charge in [0.25, 0.3) is 0 Å². The number of hydrogen-bond donors (Lipinski definition) is 1. The molecule has 138 valence electrons. The maximum absolute atomic E-state index is 11.2. The highest BCUT2D eigenvalue weighted by molar-refractivity contribution is 5.64. The summed E-state index contributed by atoms with van der Waals surface area (Å²) in [4.78, 5) is 16.4. The Kier molecular flexibility index (Phi) is 4.16. The number of hydrogen-bond acceptors (Lipinski definition) is 4. The van der Waals surface area contributed by atoms with E-state index in [1.807, 2.05) is 18.2 Å². The molecule has 5 nitrogen and oxygen atoms in total. The fraction of sp³-hybridized carbons (Fsp3) is 0.476. The van der Waals surface area contributed by atoms with Gasteiger partial charge in [-0.25, -0.2) is 0 Å². The van der Waals surface area contributed by atoms with Crippen LogP contribution in [-0.2, 0) is 11.3 Å². The molecule has 4 rings (SSSR count). The molecule has 2 aliphatic rings. The molecule has 1 aromatic carbocycles. The largest absolute Gasteiger partial charge is 0.462 e. The van der Waals surface area contributed by atoms with E-state index >= 15 is 0 Å². The predicted octanol–water partition coefficient (Wildman–Crippen LogP) is 3.54. The Labute approximate surface area is 153 Å². The van der Waals surface area contributed by atoms with Crippen LogP contribution in [0, 0.1) is 0 Å². The van der Waals surface area contributed by atoms with Crippen molar-refractivity contribution in [3.05, 3.63) is 52.4 Å². The van der Waals surface area contributed by atoms with Gasteiger partial charge < -0.3 is 14.5 Å². The predicted molar refractivity (Wildman–Crippen MR) is 101 cm³/mol. The van der Waals surface area contributed by atoms with E-state index in [0.29, 0.717) is 6.61 Å². The number of likely N-dealkylation sites (tertiary alicyclic amines) is 1. The van der Waals surface area contributed by atoms with E-state index in [4.69, 9.17) is 9.47 Å². The van der Waals surface area contributed by atoms with E-state index < -0.39 is 5.79 Å². The van der Waals surface area contributed by atoms with Crippen molar-refractivity contribution in [1.82, 2.24) is 9.88 Å². The molecule has 3 heterocycles. The van der Waals surface area contributed by atoms with E-state index in [1.165, 1.54) is 0 Å². The SMILES string of the molecule is CC(C)(C)N1CCC2(CC1)OCc1cc(-c3ccc(=O)[nH]c3)ccc1O2. The smallest absolute Gasteiger partial charge is 0.247 e. The molecule has 0 radical (unpaired) electrons. The minimum absolute atomic E-state index is 0.0954. The van der Waals surface area contributed by atoms with Crippen LogP contribution in [0.25, 0.3) is 11.1 Å². The summed E-state index contributed by atoms with van der Waals surface area (Å²) in [6, 6.07) is 9.51. The molecule has 1 aromatic heterocycles. The summed E-state index contributed by atoms with van der Waals surface area (Å²) in [5, 5.41) is 0. The fourth-order valence-corrected chi connectivity index (χ4v) is 3.77. The van der Waals surface area contributed by atoms with Crippen molar-refractivity contribution in [3.63, 3.8) is 0 Å². The van der Waals surface area contributed by atoms with Crippen LogP contribution >= 0.6 is 0 Å². The lowest BCUT2D eigenvalue weighted by molar-refractivity contribution is -0.231. The lowest BCUT2D eigenvalue weighted by Gasteiger charge is -2.47. The number of pyridine rings is 1. The summed E-state index contributed by atoms with van der Waals surface area (Å²) in [5.41, 5.74) is 3.16. The summed E-state index contributed by atoms with van der Waals surface area (Å²) in [5.74, 6) is 0.419. The van der Waals surface area contributed by atoms with Crippen molar-refractivity contribution >= 4 is 0 Å². The van der Waals surface area contributed by atoms with Gasteiger partial charge in [-0.1, -0.05) is 6.07 Å². The van der Waals surface area contributed by atoms with E-state index in [2.05, 4.69) is 36.7 Å². The molecule has 1 saturated heterocycles. The highest BCUT2D eigenvalue weighted by Crippen LogP contribution is 2.39. The lowest BCUT2D eigenvalue weighted by atomic mass is 9.95. The van der Waals surface area contributed by atoms with E-state index in [-0.39, 0.29) is 11.1 Å². The van der Waals surface area contributed by atoms with Gasteiger partial charge in [0, 0.05) is 49.3 Å². The highest BCUT2D eigenvalue weighted by Gasteiger charge is 2.42. The summed E-state index contributed by atoms with van der Waals surface area (Å²) in [7, 11) is 0. The maximum Gasteiger partial charge on any atom is 0.247 e. The summed E-state index contributed by atoms with van der Waals surface area (Å²) in [6.07, 6.45) is 3.50. The third-order valence-corrected chi connectivity index (χ3v) is 5.44. The quantitative estimate of drug-likeness (QED) is 0.851. The molecule has 0 unspecified atom stereocenters. The van der Waals surface area contributed by atoms with Gasteiger partial charge in [-0.3, -0.25) is 9.69 Å². The summed E-state index contributed by atoms with van der Waals surface area (Å²) < 4.78 is 12.5. The Bertz CT molecular complexity index is 838. The molecule has 0 saturated carbocycles. The van der Waals surface area contributed by atoms with Crippen LogP contribution in [0.15, 0.2) is 41.3 Å². The average molecular weight is 354 g/mol.